The monoisotopic (exact) mass is 1140 g/mol. The van der Waals surface area contributed by atoms with E-state index in [-0.39, 0.29) is 18.5 Å². The van der Waals surface area contributed by atoms with Crippen molar-refractivity contribution in [3.63, 3.8) is 0 Å². The molecule has 0 aromatic rings. The number of unbranched alkanes of at least 4 members (excludes halogenated alkanes) is 57. The Bertz CT molecular complexity index is 1270. The van der Waals surface area contributed by atoms with Crippen LogP contribution in [0.2, 0.25) is 0 Å². The van der Waals surface area contributed by atoms with Gasteiger partial charge in [0.25, 0.3) is 0 Å². The van der Waals surface area contributed by atoms with Crippen LogP contribution in [-0.2, 0) is 14.3 Å². The van der Waals surface area contributed by atoms with Crippen LogP contribution in [-0.4, -0.2) is 47.4 Å². The molecule has 0 aromatic carbocycles. The van der Waals surface area contributed by atoms with Crippen LogP contribution in [0.1, 0.15) is 418 Å². The van der Waals surface area contributed by atoms with Crippen molar-refractivity contribution in [1.82, 2.24) is 5.32 Å². The molecular formula is C75H145NO5. The SMILES string of the molecule is CCCCCCCC/C=C\CCCCCCCCCCCC(=O)OCCCCCCCCCCCCCCCCCCCCCCCCCCCCCC(=O)NC(CO)C(O)/C=C/CCCCCCCCCCCCCCCCCC. The van der Waals surface area contributed by atoms with E-state index >= 15 is 0 Å². The second kappa shape index (κ2) is 70.8. The van der Waals surface area contributed by atoms with E-state index in [0.717, 1.165) is 38.5 Å². The number of rotatable bonds is 70. The van der Waals surface area contributed by atoms with Crippen molar-refractivity contribution in [2.45, 2.75) is 431 Å². The third-order valence-electron chi connectivity index (χ3n) is 17.5. The Morgan fingerprint density at radius 3 is 0.877 bits per heavy atom. The van der Waals surface area contributed by atoms with Gasteiger partial charge >= 0.3 is 5.97 Å². The molecule has 3 N–H and O–H groups in total. The molecule has 0 aliphatic heterocycles. The smallest absolute Gasteiger partial charge is 0.305 e. The zero-order valence-corrected chi connectivity index (χ0v) is 55.0. The van der Waals surface area contributed by atoms with E-state index in [2.05, 4.69) is 31.3 Å². The number of hydrogen-bond acceptors (Lipinski definition) is 5. The number of carbonyl (C=O) groups excluding carboxylic acids is 2. The molecule has 0 saturated carbocycles. The summed E-state index contributed by atoms with van der Waals surface area (Å²) in [4.78, 5) is 24.6. The van der Waals surface area contributed by atoms with Crippen molar-refractivity contribution < 1.29 is 24.5 Å². The summed E-state index contributed by atoms with van der Waals surface area (Å²) in [6, 6.07) is -0.626. The van der Waals surface area contributed by atoms with Gasteiger partial charge in [-0.15, -0.1) is 0 Å². The van der Waals surface area contributed by atoms with Gasteiger partial charge in [-0.3, -0.25) is 9.59 Å². The molecule has 0 spiro atoms. The maximum atomic E-state index is 12.5. The first kappa shape index (κ1) is 79.3. The summed E-state index contributed by atoms with van der Waals surface area (Å²) in [6.45, 7) is 4.94. The average Bonchev–Trinajstić information content (AvgIpc) is 3.47. The van der Waals surface area contributed by atoms with Crippen molar-refractivity contribution in [3.05, 3.63) is 24.3 Å². The lowest BCUT2D eigenvalue weighted by Crippen LogP contribution is -2.45. The second-order valence-corrected chi connectivity index (χ2v) is 25.6. The van der Waals surface area contributed by atoms with E-state index in [4.69, 9.17) is 4.74 Å². The van der Waals surface area contributed by atoms with Crippen molar-refractivity contribution >= 4 is 11.9 Å². The summed E-state index contributed by atoms with van der Waals surface area (Å²) in [5, 5.41) is 23.2. The minimum atomic E-state index is -0.843. The van der Waals surface area contributed by atoms with Gasteiger partial charge in [0.05, 0.1) is 25.4 Å². The van der Waals surface area contributed by atoms with Crippen LogP contribution in [0.5, 0.6) is 0 Å². The highest BCUT2D eigenvalue weighted by Crippen LogP contribution is 2.19. The number of amides is 1. The highest BCUT2D eigenvalue weighted by atomic mass is 16.5. The van der Waals surface area contributed by atoms with Crippen LogP contribution >= 0.6 is 0 Å². The standard InChI is InChI=1S/C75H145NO5/c1-3-5-7-9-11-13-15-17-19-21-32-37-41-45-49-53-57-61-65-69-75(80)81-70-66-62-58-54-50-46-42-38-34-31-29-27-25-23-24-26-28-30-33-36-40-44-48-52-56-60-64-68-74(79)76-72(71-77)73(78)67-63-59-55-51-47-43-39-35-22-20-18-16-14-12-10-8-6-4-2/h17,19,63,67,72-73,77-78H,3-16,18,20-62,64-66,68-71H2,1-2H3,(H,76,79)/b19-17-,67-63+. The largest absolute Gasteiger partial charge is 0.466 e. The van der Waals surface area contributed by atoms with Crippen LogP contribution in [0.25, 0.3) is 0 Å². The normalized spacial score (nSPS) is 12.6. The molecule has 0 heterocycles. The summed E-state index contributed by atoms with van der Waals surface area (Å²) in [7, 11) is 0. The van der Waals surface area contributed by atoms with E-state index < -0.39 is 12.1 Å². The minimum absolute atomic E-state index is 0.0182. The quantitative estimate of drug-likeness (QED) is 0.0320. The zero-order valence-electron chi connectivity index (χ0n) is 55.0. The zero-order chi connectivity index (χ0) is 58.5. The molecule has 0 fully saturated rings. The topological polar surface area (TPSA) is 95.9 Å². The molecular weight excluding hydrogens is 995 g/mol. The molecule has 0 aliphatic rings. The fraction of sp³-hybridized carbons (Fsp3) is 0.920. The highest BCUT2D eigenvalue weighted by Gasteiger charge is 2.18. The van der Waals surface area contributed by atoms with Crippen molar-refractivity contribution in [2.24, 2.45) is 0 Å². The molecule has 6 nitrogen and oxygen atoms in total. The summed E-state index contributed by atoms with van der Waals surface area (Å²) < 4.78 is 5.51. The van der Waals surface area contributed by atoms with E-state index in [1.54, 1.807) is 6.08 Å². The molecule has 480 valence electrons. The van der Waals surface area contributed by atoms with Gasteiger partial charge in [-0.25, -0.2) is 0 Å². The van der Waals surface area contributed by atoms with Crippen molar-refractivity contribution in [3.8, 4) is 0 Å². The lowest BCUT2D eigenvalue weighted by atomic mass is 10.0. The Balaban J connectivity index is 3.35. The number of carbonyl (C=O) groups is 2. The molecule has 81 heavy (non-hydrogen) atoms. The van der Waals surface area contributed by atoms with Gasteiger partial charge in [0.2, 0.25) is 5.91 Å². The van der Waals surface area contributed by atoms with Gasteiger partial charge in [-0.05, 0) is 57.8 Å². The number of ether oxygens (including phenoxy) is 1. The first-order chi connectivity index (χ1) is 40.0. The molecule has 0 aliphatic carbocycles. The van der Waals surface area contributed by atoms with Crippen LogP contribution in [0.3, 0.4) is 0 Å². The number of aliphatic hydroxyl groups excluding tert-OH is 2. The molecule has 0 rings (SSSR count). The van der Waals surface area contributed by atoms with Crippen LogP contribution in [0.15, 0.2) is 24.3 Å². The summed E-state index contributed by atoms with van der Waals surface area (Å²) >= 11 is 0. The number of allylic oxidation sites excluding steroid dienone is 3. The summed E-state index contributed by atoms with van der Waals surface area (Å²) in [5.74, 6) is -0.0433. The highest BCUT2D eigenvalue weighted by molar-refractivity contribution is 5.76. The fourth-order valence-electron chi connectivity index (χ4n) is 11.8. The summed E-state index contributed by atoms with van der Waals surface area (Å²) in [6.07, 6.45) is 89.8. The average molecular weight is 1140 g/mol. The maximum absolute atomic E-state index is 12.5. The number of aliphatic hydroxyl groups is 2. The number of nitrogens with one attached hydrogen (secondary N) is 1. The van der Waals surface area contributed by atoms with Gasteiger partial charge in [0.1, 0.15) is 0 Å². The molecule has 0 aromatic heterocycles. The molecule has 2 atom stereocenters. The van der Waals surface area contributed by atoms with Gasteiger partial charge in [0, 0.05) is 12.8 Å². The number of esters is 1. The lowest BCUT2D eigenvalue weighted by molar-refractivity contribution is -0.143. The van der Waals surface area contributed by atoms with E-state index in [1.165, 1.54) is 353 Å². The van der Waals surface area contributed by atoms with E-state index in [0.29, 0.717) is 19.4 Å². The molecule has 2 unspecified atom stereocenters. The minimum Gasteiger partial charge on any atom is -0.466 e. The summed E-state index contributed by atoms with van der Waals surface area (Å²) in [5.41, 5.74) is 0. The number of hydrogen-bond donors (Lipinski definition) is 3. The Morgan fingerprint density at radius 1 is 0.333 bits per heavy atom. The van der Waals surface area contributed by atoms with Crippen LogP contribution in [0, 0.1) is 0 Å². The van der Waals surface area contributed by atoms with Gasteiger partial charge in [-0.2, -0.15) is 0 Å². The molecule has 6 heteroatoms. The predicted octanol–water partition coefficient (Wildman–Crippen LogP) is 24.1. The Kier molecular flexibility index (Phi) is 69.4. The fourth-order valence-corrected chi connectivity index (χ4v) is 11.8. The lowest BCUT2D eigenvalue weighted by Gasteiger charge is -2.20. The Morgan fingerprint density at radius 2 is 0.580 bits per heavy atom. The third-order valence-corrected chi connectivity index (χ3v) is 17.5. The van der Waals surface area contributed by atoms with Gasteiger partial charge in [-0.1, -0.05) is 372 Å². The predicted molar refractivity (Wildman–Crippen MR) is 356 cm³/mol. The van der Waals surface area contributed by atoms with E-state index in [9.17, 15) is 19.8 Å². The second-order valence-electron chi connectivity index (χ2n) is 25.6. The first-order valence-corrected chi connectivity index (χ1v) is 37.1. The third kappa shape index (κ3) is 67.3. The van der Waals surface area contributed by atoms with Crippen molar-refractivity contribution in [2.75, 3.05) is 13.2 Å². The van der Waals surface area contributed by atoms with Gasteiger partial charge < -0.3 is 20.3 Å². The van der Waals surface area contributed by atoms with Crippen molar-refractivity contribution in [1.29, 1.82) is 0 Å². The van der Waals surface area contributed by atoms with E-state index in [1.807, 2.05) is 6.08 Å². The molecule has 0 bridgehead atoms. The Labute approximate surface area is 507 Å². The molecule has 0 saturated heterocycles. The first-order valence-electron chi connectivity index (χ1n) is 37.1. The Hall–Kier alpha value is -1.66. The maximum Gasteiger partial charge on any atom is 0.305 e. The molecule has 0 radical (unpaired) electrons. The molecule has 1 amide bonds. The van der Waals surface area contributed by atoms with Crippen LogP contribution < -0.4 is 5.32 Å². The van der Waals surface area contributed by atoms with Gasteiger partial charge in [0.15, 0.2) is 0 Å². The van der Waals surface area contributed by atoms with Crippen LogP contribution in [0.4, 0.5) is 0 Å².